The zero-order valence-electron chi connectivity index (χ0n) is 9.57. The molecule has 2 amide bonds. The van der Waals surface area contributed by atoms with Crippen LogP contribution in [0.1, 0.15) is 5.69 Å². The Labute approximate surface area is 105 Å². The van der Waals surface area contributed by atoms with Gasteiger partial charge in [-0.2, -0.15) is 13.2 Å². The third kappa shape index (κ3) is 5.75. The molecule has 10 heteroatoms. The second-order valence-corrected chi connectivity index (χ2v) is 3.60. The number of amides is 2. The van der Waals surface area contributed by atoms with E-state index in [1.165, 1.54) is 12.5 Å². The summed E-state index contributed by atoms with van der Waals surface area (Å²) in [5.41, 5.74) is 0.482. The van der Waals surface area contributed by atoms with Gasteiger partial charge in [-0.1, -0.05) is 0 Å². The maximum Gasteiger partial charge on any atom is 0.406 e. The van der Waals surface area contributed by atoms with E-state index in [-0.39, 0.29) is 11.4 Å². The lowest BCUT2D eigenvalue weighted by molar-refractivity contribution is -0.148. The third-order valence-corrected chi connectivity index (χ3v) is 1.97. The molecule has 1 rings (SSSR count). The Morgan fingerprint density at radius 2 is 2.16 bits per heavy atom. The van der Waals surface area contributed by atoms with Gasteiger partial charge >= 0.3 is 18.2 Å². The quantitative estimate of drug-likeness (QED) is 0.734. The highest BCUT2D eigenvalue weighted by molar-refractivity contribution is 5.80. The van der Waals surface area contributed by atoms with Crippen molar-refractivity contribution >= 4 is 12.0 Å². The Hall–Kier alpha value is -2.26. The summed E-state index contributed by atoms with van der Waals surface area (Å²) < 4.78 is 36.6. The number of carbonyl (C=O) groups excluding carboxylic acids is 1. The Morgan fingerprint density at radius 1 is 1.47 bits per heavy atom. The molecule has 0 aliphatic rings. The molecule has 0 atom stereocenters. The van der Waals surface area contributed by atoms with Crippen molar-refractivity contribution in [3.63, 3.8) is 0 Å². The van der Waals surface area contributed by atoms with Gasteiger partial charge in [0.2, 0.25) is 0 Å². The number of hydrogen-bond donors (Lipinski definition) is 3. The number of aromatic amines is 1. The summed E-state index contributed by atoms with van der Waals surface area (Å²) in [6.45, 7) is -2.74. The first kappa shape index (κ1) is 14.8. The highest BCUT2D eigenvalue weighted by Gasteiger charge is 2.33. The second-order valence-electron chi connectivity index (χ2n) is 3.60. The lowest BCUT2D eigenvalue weighted by Crippen LogP contribution is -2.46. The molecular weight excluding hydrogens is 269 g/mol. The Bertz CT molecular complexity index is 432. The number of H-pyrrole nitrogens is 1. The third-order valence-electron chi connectivity index (χ3n) is 1.97. The minimum Gasteiger partial charge on any atom is -0.480 e. The molecule has 0 spiro atoms. The van der Waals surface area contributed by atoms with Crippen molar-refractivity contribution in [2.45, 2.75) is 12.7 Å². The number of nitrogens with zero attached hydrogens (tertiary/aromatic N) is 2. The molecule has 0 saturated heterocycles. The van der Waals surface area contributed by atoms with Crippen LogP contribution in [-0.4, -0.2) is 51.2 Å². The molecule has 0 saturated carbocycles. The van der Waals surface area contributed by atoms with Gasteiger partial charge in [-0.15, -0.1) is 0 Å². The van der Waals surface area contributed by atoms with Crippen LogP contribution in [0.4, 0.5) is 18.0 Å². The molecule has 1 heterocycles. The predicted molar refractivity (Wildman–Crippen MR) is 56.1 cm³/mol. The first-order chi connectivity index (χ1) is 8.78. The van der Waals surface area contributed by atoms with Crippen molar-refractivity contribution in [3.05, 3.63) is 18.2 Å². The number of imidazole rings is 1. The maximum absolute atomic E-state index is 12.2. The van der Waals surface area contributed by atoms with Crippen molar-refractivity contribution in [3.8, 4) is 0 Å². The van der Waals surface area contributed by atoms with Gasteiger partial charge in [0.15, 0.2) is 0 Å². The molecule has 106 valence electrons. The van der Waals surface area contributed by atoms with Crippen LogP contribution in [0.5, 0.6) is 0 Å². The lowest BCUT2D eigenvalue weighted by Gasteiger charge is -2.22. The van der Waals surface area contributed by atoms with E-state index in [4.69, 9.17) is 5.11 Å². The van der Waals surface area contributed by atoms with Crippen molar-refractivity contribution in [2.24, 2.45) is 0 Å². The first-order valence-electron chi connectivity index (χ1n) is 5.06. The van der Waals surface area contributed by atoms with Crippen molar-refractivity contribution in [2.75, 3.05) is 13.1 Å². The fraction of sp³-hybridized carbons (Fsp3) is 0.444. The Morgan fingerprint density at radius 3 is 2.63 bits per heavy atom. The molecule has 1 aromatic rings. The smallest absolute Gasteiger partial charge is 0.406 e. The summed E-state index contributed by atoms with van der Waals surface area (Å²) in [7, 11) is 0. The predicted octanol–water partition coefficient (Wildman–Crippen LogP) is 0.568. The lowest BCUT2D eigenvalue weighted by atomic mass is 10.4. The van der Waals surface area contributed by atoms with Crippen molar-refractivity contribution < 1.29 is 27.9 Å². The van der Waals surface area contributed by atoms with E-state index in [2.05, 4.69) is 15.3 Å². The second kappa shape index (κ2) is 6.07. The summed E-state index contributed by atoms with van der Waals surface area (Å²) in [5, 5.41) is 10.6. The van der Waals surface area contributed by atoms with E-state index >= 15 is 0 Å². The molecule has 0 fully saturated rings. The average Bonchev–Trinajstić information content (AvgIpc) is 2.75. The fourth-order valence-corrected chi connectivity index (χ4v) is 1.24. The zero-order chi connectivity index (χ0) is 14.5. The number of aromatic nitrogens is 2. The number of nitrogens with one attached hydrogen (secondary N) is 2. The monoisotopic (exact) mass is 280 g/mol. The number of rotatable bonds is 5. The number of halogens is 3. The van der Waals surface area contributed by atoms with Crippen LogP contribution in [0.15, 0.2) is 12.5 Å². The van der Waals surface area contributed by atoms with Crippen molar-refractivity contribution in [1.82, 2.24) is 20.2 Å². The molecule has 0 aromatic carbocycles. The summed E-state index contributed by atoms with van der Waals surface area (Å²) in [6, 6.07) is -1.12. The number of carboxylic acids is 1. The van der Waals surface area contributed by atoms with Gasteiger partial charge in [-0.05, 0) is 0 Å². The zero-order valence-corrected chi connectivity index (χ0v) is 9.57. The molecule has 1 aromatic heterocycles. The molecule has 0 aliphatic carbocycles. The van der Waals surface area contributed by atoms with E-state index in [0.717, 1.165) is 0 Å². The van der Waals surface area contributed by atoms with Gasteiger partial charge in [-0.25, -0.2) is 9.78 Å². The summed E-state index contributed by atoms with van der Waals surface area (Å²) in [6.07, 6.45) is -1.95. The first-order valence-corrected chi connectivity index (χ1v) is 5.06. The number of hydrogen-bond acceptors (Lipinski definition) is 3. The molecular formula is C9H11F3N4O3. The minimum absolute atomic E-state index is 0.0766. The average molecular weight is 280 g/mol. The molecule has 0 aliphatic heterocycles. The van der Waals surface area contributed by atoms with Crippen LogP contribution in [0.2, 0.25) is 0 Å². The largest absolute Gasteiger partial charge is 0.480 e. The van der Waals surface area contributed by atoms with E-state index in [1.807, 2.05) is 0 Å². The van der Waals surface area contributed by atoms with Gasteiger partial charge < -0.3 is 20.3 Å². The molecule has 7 nitrogen and oxygen atoms in total. The number of carbonyl (C=O) groups is 2. The molecule has 19 heavy (non-hydrogen) atoms. The van der Waals surface area contributed by atoms with E-state index in [0.29, 0.717) is 5.69 Å². The van der Waals surface area contributed by atoms with Crippen LogP contribution in [-0.2, 0) is 11.3 Å². The SMILES string of the molecule is O=C(O)CN(CC(F)(F)F)C(=O)NCc1cnc[nH]1. The number of carboxylic acid groups (broad SMARTS) is 1. The molecule has 0 bridgehead atoms. The van der Waals surface area contributed by atoms with Crippen LogP contribution in [0.3, 0.4) is 0 Å². The van der Waals surface area contributed by atoms with Gasteiger partial charge in [0.05, 0.1) is 18.6 Å². The summed E-state index contributed by atoms with van der Waals surface area (Å²) >= 11 is 0. The van der Waals surface area contributed by atoms with E-state index in [1.54, 1.807) is 0 Å². The topological polar surface area (TPSA) is 98.3 Å². The fourth-order valence-electron chi connectivity index (χ4n) is 1.24. The van der Waals surface area contributed by atoms with Crippen molar-refractivity contribution in [1.29, 1.82) is 0 Å². The van der Waals surface area contributed by atoms with E-state index < -0.39 is 31.3 Å². The molecule has 0 unspecified atom stereocenters. The van der Waals surface area contributed by atoms with Crippen LogP contribution < -0.4 is 5.32 Å². The van der Waals surface area contributed by atoms with Gasteiger partial charge in [0.1, 0.15) is 13.1 Å². The highest BCUT2D eigenvalue weighted by atomic mass is 19.4. The number of alkyl halides is 3. The number of aliphatic carboxylic acids is 1. The van der Waals surface area contributed by atoms with Gasteiger partial charge in [0, 0.05) is 6.20 Å². The van der Waals surface area contributed by atoms with E-state index in [9.17, 15) is 22.8 Å². The van der Waals surface area contributed by atoms with Crippen LogP contribution in [0, 0.1) is 0 Å². The van der Waals surface area contributed by atoms with Gasteiger partial charge in [-0.3, -0.25) is 4.79 Å². The molecule has 3 N–H and O–H groups in total. The number of urea groups is 1. The standard InChI is InChI=1S/C9H11F3N4O3/c10-9(11,12)4-16(3-7(17)18)8(19)14-2-6-1-13-5-15-6/h1,5H,2-4H2,(H,13,15)(H,14,19)(H,17,18). The Balaban J connectivity index is 2.57. The maximum atomic E-state index is 12.2. The minimum atomic E-state index is -4.67. The summed E-state index contributed by atoms with van der Waals surface area (Å²) in [5.74, 6) is -1.53. The van der Waals surface area contributed by atoms with Crippen LogP contribution >= 0.6 is 0 Å². The van der Waals surface area contributed by atoms with Crippen LogP contribution in [0.25, 0.3) is 0 Å². The Kier molecular flexibility index (Phi) is 4.73. The highest BCUT2D eigenvalue weighted by Crippen LogP contribution is 2.16. The normalized spacial score (nSPS) is 11.1. The van der Waals surface area contributed by atoms with Gasteiger partial charge in [0.25, 0.3) is 0 Å². The summed E-state index contributed by atoms with van der Waals surface area (Å²) in [4.78, 5) is 28.4. The molecule has 0 radical (unpaired) electrons.